The van der Waals surface area contributed by atoms with Gasteiger partial charge in [-0.05, 0) is 53.5 Å². The number of carbonyl (C=O) groups is 2. The smallest absolute Gasteiger partial charge is 0.339 e. The number of rotatable bonds is 6. The van der Waals surface area contributed by atoms with Crippen LogP contribution in [0.1, 0.15) is 27.0 Å². The number of benzene rings is 2. The number of nitrogens with zero attached hydrogens (tertiary/aromatic N) is 1. The summed E-state index contributed by atoms with van der Waals surface area (Å²) >= 11 is 0. The Bertz CT molecular complexity index is 1090. The Kier molecular flexibility index (Phi) is 5.35. The van der Waals surface area contributed by atoms with Crippen LogP contribution in [-0.4, -0.2) is 34.2 Å². The van der Waals surface area contributed by atoms with Crippen molar-refractivity contribution in [1.82, 2.24) is 4.98 Å². The number of fused-ring (bicyclic) bond motifs is 1. The van der Waals surface area contributed by atoms with Gasteiger partial charge >= 0.3 is 11.9 Å². The van der Waals surface area contributed by atoms with E-state index in [1.807, 2.05) is 0 Å². The first kappa shape index (κ1) is 19.0. The second-order valence-corrected chi connectivity index (χ2v) is 6.07. The van der Waals surface area contributed by atoms with Crippen LogP contribution in [0.5, 0.6) is 5.75 Å². The molecule has 1 aromatic heterocycles. The maximum Gasteiger partial charge on any atom is 0.339 e. The summed E-state index contributed by atoms with van der Waals surface area (Å²) in [7, 11) is 1.35. The number of ether oxygens (including phenoxy) is 1. The molecule has 0 radical (unpaired) electrons. The number of methoxy groups -OCH3 is 1. The molecule has 0 atom stereocenters. The molecule has 0 amide bonds. The minimum Gasteiger partial charge on any atom is -0.494 e. The molecule has 28 heavy (non-hydrogen) atoms. The molecule has 3 aromatic rings. The second kappa shape index (κ2) is 7.87. The normalized spacial score (nSPS) is 11.1. The lowest BCUT2D eigenvalue weighted by Gasteiger charge is -2.12. The quantitative estimate of drug-likeness (QED) is 0.631. The van der Waals surface area contributed by atoms with Crippen molar-refractivity contribution < 1.29 is 28.9 Å². The lowest BCUT2D eigenvalue weighted by Crippen LogP contribution is -2.04. The molecule has 0 aliphatic heterocycles. The third kappa shape index (κ3) is 3.98. The van der Waals surface area contributed by atoms with Gasteiger partial charge in [-0.15, -0.1) is 0 Å². The van der Waals surface area contributed by atoms with Crippen LogP contribution in [0.15, 0.2) is 48.7 Å². The topological polar surface area (TPSA) is 96.7 Å². The van der Waals surface area contributed by atoms with Crippen LogP contribution in [-0.2, 0) is 11.2 Å². The van der Waals surface area contributed by atoms with Gasteiger partial charge in [-0.1, -0.05) is 12.1 Å². The van der Waals surface area contributed by atoms with E-state index in [-0.39, 0.29) is 17.1 Å². The van der Waals surface area contributed by atoms with Crippen molar-refractivity contribution in [3.05, 3.63) is 76.7 Å². The molecular formula is C21H16FNO5. The summed E-state index contributed by atoms with van der Waals surface area (Å²) in [5, 5.41) is 18.9. The highest BCUT2D eigenvalue weighted by Crippen LogP contribution is 2.33. The van der Waals surface area contributed by atoms with Gasteiger partial charge in [0.15, 0.2) is 5.75 Å². The Morgan fingerprint density at radius 3 is 2.46 bits per heavy atom. The largest absolute Gasteiger partial charge is 0.494 e. The number of halogens is 1. The lowest BCUT2D eigenvalue weighted by atomic mass is 9.99. The van der Waals surface area contributed by atoms with Crippen molar-refractivity contribution >= 4 is 28.9 Å². The summed E-state index contributed by atoms with van der Waals surface area (Å²) in [4.78, 5) is 26.8. The van der Waals surface area contributed by atoms with Crippen LogP contribution < -0.4 is 4.74 Å². The number of hydrogen-bond acceptors (Lipinski definition) is 4. The highest BCUT2D eigenvalue weighted by molar-refractivity contribution is 6.03. The van der Waals surface area contributed by atoms with Crippen molar-refractivity contribution in [2.45, 2.75) is 6.42 Å². The molecular weight excluding hydrogens is 365 g/mol. The molecule has 7 heteroatoms. The van der Waals surface area contributed by atoms with E-state index in [1.54, 1.807) is 24.4 Å². The molecule has 142 valence electrons. The average molecular weight is 381 g/mol. The molecule has 2 aromatic carbocycles. The van der Waals surface area contributed by atoms with Gasteiger partial charge in [-0.2, -0.15) is 0 Å². The molecule has 1 heterocycles. The number of pyridine rings is 1. The average Bonchev–Trinajstić information content (AvgIpc) is 2.67. The lowest BCUT2D eigenvalue weighted by molar-refractivity contribution is -0.131. The summed E-state index contributed by atoms with van der Waals surface area (Å²) < 4.78 is 18.3. The highest BCUT2D eigenvalue weighted by atomic mass is 19.1. The Morgan fingerprint density at radius 1 is 1.14 bits per heavy atom. The van der Waals surface area contributed by atoms with Gasteiger partial charge in [-0.3, -0.25) is 4.98 Å². The number of aromatic carboxylic acids is 1. The summed E-state index contributed by atoms with van der Waals surface area (Å²) in [5.74, 6) is -2.59. The SMILES string of the molecule is COc1c(C(=O)O)cc(C=CC(=O)O)c2cc(Cc3ccc(F)cc3)cnc12. The van der Waals surface area contributed by atoms with Gasteiger partial charge in [0, 0.05) is 17.7 Å². The van der Waals surface area contributed by atoms with Crippen molar-refractivity contribution in [3.8, 4) is 5.75 Å². The van der Waals surface area contributed by atoms with E-state index >= 15 is 0 Å². The molecule has 0 aliphatic rings. The van der Waals surface area contributed by atoms with Crippen LogP contribution in [0.25, 0.3) is 17.0 Å². The molecule has 0 fully saturated rings. The van der Waals surface area contributed by atoms with Gasteiger partial charge in [0.25, 0.3) is 0 Å². The van der Waals surface area contributed by atoms with Crippen LogP contribution in [0, 0.1) is 5.82 Å². The van der Waals surface area contributed by atoms with Crippen LogP contribution in [0.3, 0.4) is 0 Å². The van der Waals surface area contributed by atoms with Crippen molar-refractivity contribution in [3.63, 3.8) is 0 Å². The predicted octanol–water partition coefficient (Wildman–Crippen LogP) is 3.77. The van der Waals surface area contributed by atoms with Gasteiger partial charge in [0.1, 0.15) is 16.9 Å². The summed E-state index contributed by atoms with van der Waals surface area (Å²) in [5.41, 5.74) is 2.27. The Hall–Kier alpha value is -3.74. The van der Waals surface area contributed by atoms with E-state index in [2.05, 4.69) is 4.98 Å². The molecule has 3 rings (SSSR count). The van der Waals surface area contributed by atoms with E-state index in [4.69, 9.17) is 9.84 Å². The summed E-state index contributed by atoms with van der Waals surface area (Å²) in [6.45, 7) is 0. The molecule has 0 saturated heterocycles. The van der Waals surface area contributed by atoms with Crippen LogP contribution in [0.2, 0.25) is 0 Å². The van der Waals surface area contributed by atoms with E-state index in [0.29, 0.717) is 22.9 Å². The van der Waals surface area contributed by atoms with E-state index in [1.165, 1.54) is 31.4 Å². The molecule has 0 bridgehead atoms. The van der Waals surface area contributed by atoms with Gasteiger partial charge in [0.05, 0.1) is 7.11 Å². The Morgan fingerprint density at radius 2 is 1.86 bits per heavy atom. The first-order chi connectivity index (χ1) is 13.4. The van der Waals surface area contributed by atoms with Crippen molar-refractivity contribution in [2.75, 3.05) is 7.11 Å². The zero-order chi connectivity index (χ0) is 20.3. The van der Waals surface area contributed by atoms with Crippen molar-refractivity contribution in [1.29, 1.82) is 0 Å². The fourth-order valence-corrected chi connectivity index (χ4v) is 2.93. The summed E-state index contributed by atoms with van der Waals surface area (Å²) in [6.07, 6.45) is 4.32. The molecule has 0 aliphatic carbocycles. The van der Waals surface area contributed by atoms with Crippen LogP contribution >= 0.6 is 0 Å². The van der Waals surface area contributed by atoms with E-state index < -0.39 is 11.9 Å². The summed E-state index contributed by atoms with van der Waals surface area (Å²) in [6, 6.07) is 9.21. The standard InChI is InChI=1S/C21H16FNO5/c1-28-20-17(21(26)27)10-14(4-7-18(24)25)16-9-13(11-23-19(16)20)8-12-2-5-15(22)6-3-12/h2-7,9-11H,8H2,1H3,(H,24,25)(H,26,27). The van der Waals surface area contributed by atoms with E-state index in [9.17, 15) is 19.1 Å². The van der Waals surface area contributed by atoms with Gasteiger partial charge in [-0.25, -0.2) is 14.0 Å². The maximum absolute atomic E-state index is 13.1. The first-order valence-corrected chi connectivity index (χ1v) is 8.27. The monoisotopic (exact) mass is 381 g/mol. The predicted molar refractivity (Wildman–Crippen MR) is 101 cm³/mol. The van der Waals surface area contributed by atoms with Crippen molar-refractivity contribution in [2.24, 2.45) is 0 Å². The zero-order valence-corrected chi connectivity index (χ0v) is 14.8. The Labute approximate surface area is 159 Å². The van der Waals surface area contributed by atoms with Gasteiger partial charge in [0.2, 0.25) is 0 Å². The molecule has 6 nitrogen and oxygen atoms in total. The first-order valence-electron chi connectivity index (χ1n) is 8.27. The third-order valence-electron chi connectivity index (χ3n) is 4.18. The number of carboxylic acids is 2. The van der Waals surface area contributed by atoms with E-state index in [0.717, 1.165) is 17.2 Å². The number of aliphatic carboxylic acids is 1. The molecule has 0 spiro atoms. The molecule has 2 N–H and O–H groups in total. The minimum atomic E-state index is -1.21. The molecule has 0 unspecified atom stereocenters. The highest BCUT2D eigenvalue weighted by Gasteiger charge is 2.18. The minimum absolute atomic E-state index is 0.100. The van der Waals surface area contributed by atoms with Crippen LogP contribution in [0.4, 0.5) is 4.39 Å². The number of aromatic nitrogens is 1. The molecule has 0 saturated carbocycles. The Balaban J connectivity index is 2.17. The number of hydrogen-bond donors (Lipinski definition) is 2. The third-order valence-corrected chi connectivity index (χ3v) is 4.18. The maximum atomic E-state index is 13.1. The zero-order valence-electron chi connectivity index (χ0n) is 14.8. The fourth-order valence-electron chi connectivity index (χ4n) is 2.93. The fraction of sp³-hybridized carbons (Fsp3) is 0.0952. The second-order valence-electron chi connectivity index (χ2n) is 6.07. The van der Waals surface area contributed by atoms with Gasteiger partial charge < -0.3 is 14.9 Å². The number of carboxylic acid groups (broad SMARTS) is 2.